The van der Waals surface area contributed by atoms with E-state index in [-0.39, 0.29) is 17.6 Å². The molecule has 4 aromatic rings. The highest BCUT2D eigenvalue weighted by atomic mass is 16.3. The third-order valence-corrected chi connectivity index (χ3v) is 5.70. The van der Waals surface area contributed by atoms with Gasteiger partial charge in [0.1, 0.15) is 6.04 Å². The second kappa shape index (κ2) is 6.41. The van der Waals surface area contributed by atoms with Gasteiger partial charge in [0.2, 0.25) is 5.88 Å². The molecule has 1 aliphatic heterocycles. The molecule has 4 heterocycles. The van der Waals surface area contributed by atoms with Crippen LogP contribution >= 0.6 is 0 Å². The van der Waals surface area contributed by atoms with Gasteiger partial charge in [-0.3, -0.25) is 14.1 Å². The Morgan fingerprint density at radius 1 is 1.25 bits per heavy atom. The van der Waals surface area contributed by atoms with Crippen LogP contribution in [0.5, 0.6) is 5.88 Å². The molecule has 0 fully saturated rings. The van der Waals surface area contributed by atoms with Gasteiger partial charge >= 0.3 is 5.69 Å². The van der Waals surface area contributed by atoms with Gasteiger partial charge in [-0.15, -0.1) is 0 Å². The topological polar surface area (TPSA) is 75.8 Å². The van der Waals surface area contributed by atoms with E-state index >= 15 is 0 Å². The molecule has 1 aromatic carbocycles. The van der Waals surface area contributed by atoms with Crippen LogP contribution < -0.4 is 5.69 Å². The summed E-state index contributed by atoms with van der Waals surface area (Å²) in [5.41, 5.74) is 4.60. The number of imidazole rings is 1. The molecule has 142 valence electrons. The number of pyridine rings is 1. The largest absolute Gasteiger partial charge is 0.493 e. The van der Waals surface area contributed by atoms with Crippen LogP contribution in [0.2, 0.25) is 0 Å². The zero-order valence-electron chi connectivity index (χ0n) is 15.7. The molecule has 0 saturated carbocycles. The molecule has 0 saturated heterocycles. The van der Waals surface area contributed by atoms with Gasteiger partial charge in [-0.2, -0.15) is 0 Å². The van der Waals surface area contributed by atoms with Crippen molar-refractivity contribution in [3.05, 3.63) is 81.8 Å². The summed E-state index contributed by atoms with van der Waals surface area (Å²) in [6, 6.07) is 11.7. The van der Waals surface area contributed by atoms with Crippen LogP contribution in [0.1, 0.15) is 48.3 Å². The first-order valence-corrected chi connectivity index (χ1v) is 9.73. The fourth-order valence-corrected chi connectivity index (χ4v) is 4.34. The Bertz CT molecular complexity index is 1220. The fourth-order valence-electron chi connectivity index (χ4n) is 4.34. The molecular weight excluding hydrogens is 352 g/mol. The summed E-state index contributed by atoms with van der Waals surface area (Å²) in [6.07, 6.45) is 5.86. The Hall–Kier alpha value is -3.28. The quantitative estimate of drug-likeness (QED) is 0.505. The molecule has 2 N–H and O–H groups in total. The van der Waals surface area contributed by atoms with Gasteiger partial charge in [0.05, 0.1) is 5.69 Å². The van der Waals surface area contributed by atoms with Gasteiger partial charge < -0.3 is 10.1 Å². The van der Waals surface area contributed by atoms with Crippen molar-refractivity contribution in [2.45, 2.75) is 38.8 Å². The van der Waals surface area contributed by atoms with Gasteiger partial charge in [-0.05, 0) is 29.7 Å². The van der Waals surface area contributed by atoms with Crippen molar-refractivity contribution in [2.24, 2.45) is 0 Å². The van der Waals surface area contributed by atoms with Crippen molar-refractivity contribution in [3.8, 4) is 5.88 Å². The molecule has 3 aromatic heterocycles. The number of rotatable bonds is 4. The van der Waals surface area contributed by atoms with E-state index in [2.05, 4.69) is 23.0 Å². The van der Waals surface area contributed by atoms with Crippen LogP contribution in [0.4, 0.5) is 0 Å². The molecule has 0 radical (unpaired) electrons. The number of benzene rings is 1. The van der Waals surface area contributed by atoms with E-state index in [0.29, 0.717) is 18.7 Å². The van der Waals surface area contributed by atoms with Crippen molar-refractivity contribution in [3.63, 3.8) is 0 Å². The monoisotopic (exact) mass is 374 g/mol. The van der Waals surface area contributed by atoms with Crippen molar-refractivity contribution in [2.75, 3.05) is 0 Å². The number of H-pyrrole nitrogens is 1. The van der Waals surface area contributed by atoms with E-state index in [1.54, 1.807) is 17.0 Å². The minimum absolute atomic E-state index is 0.0864. The standard InChI is InChI=1S/C22H22N4O2/c1-2-3-11-25-21(27)18-12-16-15-8-4-5-9-17(15)24-19(16)20(26(18)22(25)28)14-7-6-10-23-13-14/h4-10,13,20,24,27H,2-3,11-12H2,1H3/t20-/m1/s1. The Kier molecular flexibility index (Phi) is 3.86. The van der Waals surface area contributed by atoms with Crippen molar-refractivity contribution < 1.29 is 5.11 Å². The van der Waals surface area contributed by atoms with E-state index in [0.717, 1.165) is 40.6 Å². The summed E-state index contributed by atoms with van der Waals surface area (Å²) in [5.74, 6) is 0.0864. The maximum atomic E-state index is 13.3. The van der Waals surface area contributed by atoms with Crippen LogP contribution in [0.3, 0.4) is 0 Å². The number of unbranched alkanes of at least 4 members (excludes halogenated alkanes) is 1. The number of hydrogen-bond donors (Lipinski definition) is 2. The average Bonchev–Trinajstić information content (AvgIpc) is 3.21. The van der Waals surface area contributed by atoms with Gasteiger partial charge in [-0.25, -0.2) is 4.79 Å². The molecule has 0 spiro atoms. The first-order chi connectivity index (χ1) is 13.7. The average molecular weight is 374 g/mol. The highest BCUT2D eigenvalue weighted by Gasteiger charge is 2.35. The van der Waals surface area contributed by atoms with Gasteiger partial charge in [-0.1, -0.05) is 37.6 Å². The second-order valence-electron chi connectivity index (χ2n) is 7.36. The summed E-state index contributed by atoms with van der Waals surface area (Å²) in [4.78, 5) is 21.1. The molecule has 0 amide bonds. The predicted octanol–water partition coefficient (Wildman–Crippen LogP) is 3.57. The lowest BCUT2D eigenvalue weighted by Crippen LogP contribution is -2.32. The van der Waals surface area contributed by atoms with Gasteiger partial charge in [0.15, 0.2) is 0 Å². The zero-order valence-corrected chi connectivity index (χ0v) is 15.7. The van der Waals surface area contributed by atoms with E-state index in [1.165, 1.54) is 4.57 Å². The molecule has 5 rings (SSSR count). The maximum absolute atomic E-state index is 13.3. The molecular formula is C22H22N4O2. The van der Waals surface area contributed by atoms with Crippen LogP contribution in [0.25, 0.3) is 10.9 Å². The van der Waals surface area contributed by atoms with E-state index < -0.39 is 0 Å². The van der Waals surface area contributed by atoms with E-state index in [1.807, 2.05) is 30.3 Å². The zero-order chi connectivity index (χ0) is 19.3. The number of nitrogens with one attached hydrogen (secondary N) is 1. The number of nitrogens with zero attached hydrogens (tertiary/aromatic N) is 3. The van der Waals surface area contributed by atoms with Crippen molar-refractivity contribution in [1.82, 2.24) is 19.1 Å². The van der Waals surface area contributed by atoms with Crippen molar-refractivity contribution >= 4 is 10.9 Å². The maximum Gasteiger partial charge on any atom is 0.332 e. The Morgan fingerprint density at radius 3 is 2.89 bits per heavy atom. The first kappa shape index (κ1) is 16.9. The third-order valence-electron chi connectivity index (χ3n) is 5.70. The number of fused-ring (bicyclic) bond motifs is 4. The number of aromatic amines is 1. The molecule has 6 nitrogen and oxygen atoms in total. The normalized spacial score (nSPS) is 15.5. The highest BCUT2D eigenvalue weighted by Crippen LogP contribution is 2.40. The van der Waals surface area contributed by atoms with Crippen LogP contribution in [0, 0.1) is 0 Å². The molecule has 6 heteroatoms. The minimum Gasteiger partial charge on any atom is -0.493 e. The lowest BCUT2D eigenvalue weighted by atomic mass is 9.94. The summed E-state index contributed by atoms with van der Waals surface area (Å²) >= 11 is 0. The molecule has 0 bridgehead atoms. The van der Waals surface area contributed by atoms with Crippen LogP contribution in [-0.4, -0.2) is 24.2 Å². The van der Waals surface area contributed by atoms with Crippen molar-refractivity contribution in [1.29, 1.82) is 0 Å². The Labute approximate surface area is 162 Å². The molecule has 1 aliphatic rings. The number of aromatic nitrogens is 4. The Balaban J connectivity index is 1.80. The number of hydrogen-bond acceptors (Lipinski definition) is 3. The first-order valence-electron chi connectivity index (χ1n) is 9.73. The Morgan fingerprint density at radius 2 is 2.11 bits per heavy atom. The fraction of sp³-hybridized carbons (Fsp3) is 0.273. The molecule has 0 unspecified atom stereocenters. The van der Waals surface area contributed by atoms with Crippen LogP contribution in [0.15, 0.2) is 53.6 Å². The van der Waals surface area contributed by atoms with Gasteiger partial charge in [0, 0.05) is 42.0 Å². The lowest BCUT2D eigenvalue weighted by molar-refractivity contribution is 0.404. The smallest absolute Gasteiger partial charge is 0.332 e. The van der Waals surface area contributed by atoms with E-state index in [4.69, 9.17) is 0 Å². The summed E-state index contributed by atoms with van der Waals surface area (Å²) in [7, 11) is 0. The number of aromatic hydroxyl groups is 1. The summed E-state index contributed by atoms with van der Waals surface area (Å²) in [5, 5.41) is 12.0. The summed E-state index contributed by atoms with van der Waals surface area (Å²) < 4.78 is 3.25. The van der Waals surface area contributed by atoms with Gasteiger partial charge in [0.25, 0.3) is 0 Å². The molecule has 0 aliphatic carbocycles. The van der Waals surface area contributed by atoms with E-state index in [9.17, 15) is 9.90 Å². The predicted molar refractivity (Wildman–Crippen MR) is 108 cm³/mol. The molecule has 1 atom stereocenters. The SMILES string of the molecule is CCCCn1c(O)c2n(c1=O)[C@H](c1cccnc1)c1[nH]c3ccccc3c1C2. The lowest BCUT2D eigenvalue weighted by Gasteiger charge is -2.25. The third kappa shape index (κ3) is 2.34. The summed E-state index contributed by atoms with van der Waals surface area (Å²) in [6.45, 7) is 2.60. The highest BCUT2D eigenvalue weighted by molar-refractivity contribution is 5.86. The number of para-hydroxylation sites is 1. The molecule has 28 heavy (non-hydrogen) atoms. The second-order valence-corrected chi connectivity index (χ2v) is 7.36. The minimum atomic E-state index is -0.332. The van der Waals surface area contributed by atoms with Crippen LogP contribution in [-0.2, 0) is 13.0 Å².